The van der Waals surface area contributed by atoms with Crippen molar-refractivity contribution in [1.82, 2.24) is 4.90 Å². The molecule has 0 aromatic rings. The van der Waals surface area contributed by atoms with Gasteiger partial charge in [-0.05, 0) is 20.8 Å². The quantitative estimate of drug-likeness (QED) is 0.515. The molecule has 0 saturated carbocycles. The van der Waals surface area contributed by atoms with Crippen LogP contribution >= 0.6 is 0 Å². The van der Waals surface area contributed by atoms with Crippen LogP contribution in [0.1, 0.15) is 20.8 Å². The molecule has 0 atom stereocenters. The van der Waals surface area contributed by atoms with Gasteiger partial charge >= 0.3 is 0 Å². The van der Waals surface area contributed by atoms with Gasteiger partial charge in [-0.25, -0.2) is 0 Å². The Hall–Kier alpha value is -0.120. The Kier molecular flexibility index (Phi) is 3.11. The van der Waals surface area contributed by atoms with Gasteiger partial charge in [-0.15, -0.1) is 0 Å². The highest BCUT2D eigenvalue weighted by molar-refractivity contribution is 4.72. The van der Waals surface area contributed by atoms with Crippen LogP contribution in [0.5, 0.6) is 0 Å². The molecule has 0 aliphatic rings. The maximum absolute atomic E-state index is 5.42. The Labute approximate surface area is 57.0 Å². The molecule has 0 saturated heterocycles. The highest BCUT2D eigenvalue weighted by Crippen LogP contribution is 2.08. The molecular weight excluding hydrogens is 114 g/mol. The molecule has 0 spiro atoms. The average Bonchev–Trinajstić information content (AvgIpc) is 1.65. The fraction of sp³-hybridized carbons (Fsp3) is 1.00. The summed E-state index contributed by atoms with van der Waals surface area (Å²) in [4.78, 5) is 1.99. The second-order valence-electron chi connectivity index (χ2n) is 3.08. The van der Waals surface area contributed by atoms with E-state index >= 15 is 0 Å². The molecule has 0 aromatic heterocycles. The Morgan fingerprint density at radius 1 is 1.11 bits per heavy atom. The van der Waals surface area contributed by atoms with E-state index < -0.39 is 0 Å². The van der Waals surface area contributed by atoms with Crippen LogP contribution in [-0.4, -0.2) is 23.8 Å². The highest BCUT2D eigenvalue weighted by Gasteiger charge is 2.17. The summed E-state index contributed by atoms with van der Waals surface area (Å²) in [5.74, 6) is 0. The Bertz CT molecular complexity index is 70.9. The van der Waals surface area contributed by atoms with Gasteiger partial charge in [-0.1, -0.05) is 0 Å². The molecule has 56 valence electrons. The van der Waals surface area contributed by atoms with E-state index in [9.17, 15) is 0 Å². The number of nitrogens with two attached hydrogens (primary N) is 2. The van der Waals surface area contributed by atoms with Gasteiger partial charge in [-0.3, -0.25) is 4.90 Å². The molecule has 3 heteroatoms. The molecule has 0 radical (unpaired) electrons. The summed E-state index contributed by atoms with van der Waals surface area (Å²) >= 11 is 0. The molecule has 0 amide bonds. The molecule has 0 aliphatic carbocycles. The first-order chi connectivity index (χ1) is 4.02. The zero-order valence-electron chi connectivity index (χ0n) is 6.52. The first kappa shape index (κ1) is 8.88. The van der Waals surface area contributed by atoms with E-state index in [0.717, 1.165) is 0 Å². The van der Waals surface area contributed by atoms with Crippen LogP contribution in [0.15, 0.2) is 0 Å². The molecule has 4 N–H and O–H groups in total. The van der Waals surface area contributed by atoms with Crippen molar-refractivity contribution in [2.75, 3.05) is 13.3 Å². The minimum absolute atomic E-state index is 0.101. The molecule has 0 unspecified atom stereocenters. The van der Waals surface area contributed by atoms with Crippen LogP contribution in [0.25, 0.3) is 0 Å². The number of rotatable bonds is 2. The minimum atomic E-state index is 0.101. The monoisotopic (exact) mass is 131 g/mol. The van der Waals surface area contributed by atoms with Crippen molar-refractivity contribution in [1.29, 1.82) is 0 Å². The maximum Gasteiger partial charge on any atom is 0.0472 e. The van der Waals surface area contributed by atoms with Crippen molar-refractivity contribution in [2.24, 2.45) is 11.5 Å². The van der Waals surface area contributed by atoms with Gasteiger partial charge in [0.25, 0.3) is 0 Å². The number of hydrogen-bond donors (Lipinski definition) is 2. The lowest BCUT2D eigenvalue weighted by Gasteiger charge is -2.32. The Balaban J connectivity index is 3.79. The predicted octanol–water partition coefficient (Wildman–Crippen LogP) is -0.0807. The van der Waals surface area contributed by atoms with Gasteiger partial charge in [0.15, 0.2) is 0 Å². The fourth-order valence-electron chi connectivity index (χ4n) is 0.622. The molecule has 0 rings (SSSR count). The number of nitrogens with zero attached hydrogens (tertiary/aromatic N) is 1. The normalized spacial score (nSPS) is 12.7. The third-order valence-corrected chi connectivity index (χ3v) is 1.39. The van der Waals surface area contributed by atoms with Crippen molar-refractivity contribution >= 4 is 0 Å². The van der Waals surface area contributed by atoms with Crippen LogP contribution in [0.2, 0.25) is 0 Å². The molecule has 0 fully saturated rings. The molecule has 0 heterocycles. The van der Waals surface area contributed by atoms with Crippen molar-refractivity contribution in [3.8, 4) is 0 Å². The first-order valence-electron chi connectivity index (χ1n) is 3.17. The van der Waals surface area contributed by atoms with Gasteiger partial charge in [0.05, 0.1) is 0 Å². The molecule has 3 nitrogen and oxygen atoms in total. The summed E-state index contributed by atoms with van der Waals surface area (Å²) in [5.41, 5.74) is 10.9. The standard InChI is InChI=1S/C6H17N3/c1-6(2,3)9(4-7)5-8/h4-5,7-8H2,1-3H3. The van der Waals surface area contributed by atoms with Crippen LogP contribution in [0.4, 0.5) is 0 Å². The number of hydrogen-bond acceptors (Lipinski definition) is 3. The largest absolute Gasteiger partial charge is 0.318 e. The second kappa shape index (κ2) is 3.15. The van der Waals surface area contributed by atoms with E-state index in [2.05, 4.69) is 20.8 Å². The fourth-order valence-corrected chi connectivity index (χ4v) is 0.622. The van der Waals surface area contributed by atoms with E-state index in [-0.39, 0.29) is 5.54 Å². The van der Waals surface area contributed by atoms with Crippen LogP contribution < -0.4 is 11.5 Å². The van der Waals surface area contributed by atoms with Gasteiger partial charge in [-0.2, -0.15) is 0 Å². The van der Waals surface area contributed by atoms with E-state index in [1.807, 2.05) is 4.90 Å². The van der Waals surface area contributed by atoms with Gasteiger partial charge < -0.3 is 11.5 Å². The van der Waals surface area contributed by atoms with Gasteiger partial charge in [0, 0.05) is 18.9 Å². The summed E-state index contributed by atoms with van der Waals surface area (Å²) in [6, 6.07) is 0. The van der Waals surface area contributed by atoms with Crippen molar-refractivity contribution < 1.29 is 0 Å². The molecule has 0 aromatic carbocycles. The smallest absolute Gasteiger partial charge is 0.0472 e. The topological polar surface area (TPSA) is 55.3 Å². The lowest BCUT2D eigenvalue weighted by Crippen LogP contribution is -2.47. The van der Waals surface area contributed by atoms with E-state index in [0.29, 0.717) is 13.3 Å². The summed E-state index contributed by atoms with van der Waals surface area (Å²) in [6.45, 7) is 7.33. The summed E-state index contributed by atoms with van der Waals surface area (Å²) < 4.78 is 0. The van der Waals surface area contributed by atoms with Crippen LogP contribution in [-0.2, 0) is 0 Å². The zero-order valence-corrected chi connectivity index (χ0v) is 6.52. The molecule has 0 aliphatic heterocycles. The highest BCUT2D eigenvalue weighted by atomic mass is 15.3. The lowest BCUT2D eigenvalue weighted by atomic mass is 10.1. The van der Waals surface area contributed by atoms with E-state index in [1.165, 1.54) is 0 Å². The first-order valence-corrected chi connectivity index (χ1v) is 3.17. The molecule has 9 heavy (non-hydrogen) atoms. The summed E-state index contributed by atoms with van der Waals surface area (Å²) in [7, 11) is 0. The zero-order chi connectivity index (χ0) is 7.49. The minimum Gasteiger partial charge on any atom is -0.318 e. The summed E-state index contributed by atoms with van der Waals surface area (Å²) in [6.07, 6.45) is 0. The summed E-state index contributed by atoms with van der Waals surface area (Å²) in [5, 5.41) is 0. The van der Waals surface area contributed by atoms with Crippen molar-refractivity contribution in [2.45, 2.75) is 26.3 Å². The van der Waals surface area contributed by atoms with E-state index in [4.69, 9.17) is 11.5 Å². The van der Waals surface area contributed by atoms with Crippen molar-refractivity contribution in [3.63, 3.8) is 0 Å². The predicted molar refractivity (Wildman–Crippen MR) is 39.7 cm³/mol. The Morgan fingerprint density at radius 3 is 1.44 bits per heavy atom. The second-order valence-corrected chi connectivity index (χ2v) is 3.08. The van der Waals surface area contributed by atoms with Crippen LogP contribution in [0, 0.1) is 0 Å². The van der Waals surface area contributed by atoms with Gasteiger partial charge in [0.1, 0.15) is 0 Å². The SMILES string of the molecule is CC(C)(C)N(CN)CN. The average molecular weight is 131 g/mol. The lowest BCUT2D eigenvalue weighted by molar-refractivity contribution is 0.145. The third-order valence-electron chi connectivity index (χ3n) is 1.39. The maximum atomic E-state index is 5.42. The van der Waals surface area contributed by atoms with Crippen molar-refractivity contribution in [3.05, 3.63) is 0 Å². The molecular formula is C6H17N3. The van der Waals surface area contributed by atoms with E-state index in [1.54, 1.807) is 0 Å². The van der Waals surface area contributed by atoms with Gasteiger partial charge in [0.2, 0.25) is 0 Å². The Morgan fingerprint density at radius 2 is 1.44 bits per heavy atom. The molecule has 0 bridgehead atoms. The van der Waals surface area contributed by atoms with Crippen LogP contribution in [0.3, 0.4) is 0 Å². The third kappa shape index (κ3) is 2.79.